The van der Waals surface area contributed by atoms with Gasteiger partial charge in [0.25, 0.3) is 5.91 Å². The second-order valence-electron chi connectivity index (χ2n) is 6.77. The van der Waals surface area contributed by atoms with Crippen molar-refractivity contribution in [3.05, 3.63) is 64.4 Å². The number of hydrogen-bond donors (Lipinski definition) is 0. The first-order valence-electron chi connectivity index (χ1n) is 8.58. The third-order valence-corrected chi connectivity index (χ3v) is 5.50. The van der Waals surface area contributed by atoms with Crippen LogP contribution in [0.3, 0.4) is 0 Å². The number of amides is 2. The first kappa shape index (κ1) is 18.4. The van der Waals surface area contributed by atoms with Crippen LogP contribution < -0.4 is 4.90 Å². The fourth-order valence-corrected chi connectivity index (χ4v) is 4.22. The molecule has 144 valence electrons. The second kappa shape index (κ2) is 6.31. The number of carbonyl (C=O) groups excluding carboxylic acids is 3. The van der Waals surface area contributed by atoms with Crippen LogP contribution in [-0.4, -0.2) is 42.4 Å². The molecule has 28 heavy (non-hydrogen) atoms. The minimum atomic E-state index is -1.49. The van der Waals surface area contributed by atoms with Crippen LogP contribution in [0, 0.1) is 5.82 Å². The van der Waals surface area contributed by atoms with Gasteiger partial charge in [0.1, 0.15) is 17.9 Å². The van der Waals surface area contributed by atoms with Crippen molar-refractivity contribution in [1.29, 1.82) is 0 Å². The number of esters is 1. The van der Waals surface area contributed by atoms with Gasteiger partial charge >= 0.3 is 5.97 Å². The van der Waals surface area contributed by atoms with Crippen LogP contribution in [0.4, 0.5) is 10.1 Å². The van der Waals surface area contributed by atoms with E-state index >= 15 is 0 Å². The number of fused-ring (bicyclic) bond motifs is 3. The third-order valence-electron chi connectivity index (χ3n) is 5.26. The van der Waals surface area contributed by atoms with E-state index in [-0.39, 0.29) is 18.0 Å². The Bertz CT molecular complexity index is 1030. The van der Waals surface area contributed by atoms with Gasteiger partial charge in [-0.3, -0.25) is 14.4 Å². The summed E-state index contributed by atoms with van der Waals surface area (Å²) in [6, 6.07) is 10.7. The molecule has 0 bridgehead atoms. The lowest BCUT2D eigenvalue weighted by Gasteiger charge is -2.55. The summed E-state index contributed by atoms with van der Waals surface area (Å²) < 4.78 is 20.3. The fourth-order valence-electron chi connectivity index (χ4n) is 4.04. The van der Waals surface area contributed by atoms with E-state index in [0.717, 1.165) is 0 Å². The summed E-state index contributed by atoms with van der Waals surface area (Å²) in [6.07, 6.45) is -1.31. The normalized spacial score (nSPS) is 23.5. The number of anilines is 1. The summed E-state index contributed by atoms with van der Waals surface area (Å²) in [5.74, 6) is -2.18. The maximum atomic E-state index is 15.0. The summed E-state index contributed by atoms with van der Waals surface area (Å²) >= 11 is 6.22. The van der Waals surface area contributed by atoms with Crippen molar-refractivity contribution in [2.75, 3.05) is 18.5 Å². The first-order chi connectivity index (χ1) is 13.3. The number of carbonyl (C=O) groups is 3. The third kappa shape index (κ3) is 2.36. The van der Waals surface area contributed by atoms with E-state index in [2.05, 4.69) is 0 Å². The van der Waals surface area contributed by atoms with Crippen LogP contribution in [0.5, 0.6) is 0 Å². The number of likely N-dealkylation sites (N-methyl/N-ethyl adjacent to an activating group) is 1. The highest BCUT2D eigenvalue weighted by molar-refractivity contribution is 6.30. The molecule has 1 saturated heterocycles. The minimum absolute atomic E-state index is 0.132. The number of nitrogens with zero attached hydrogens (tertiary/aromatic N) is 2. The molecule has 2 aromatic rings. The molecule has 1 fully saturated rings. The molecular formula is C20H16ClFN2O4. The van der Waals surface area contributed by atoms with Crippen LogP contribution in [0.25, 0.3) is 0 Å². The molecule has 2 aromatic carbocycles. The van der Waals surface area contributed by atoms with Gasteiger partial charge in [0.2, 0.25) is 12.0 Å². The van der Waals surface area contributed by atoms with Gasteiger partial charge in [-0.25, -0.2) is 4.39 Å². The number of hydrogen-bond acceptors (Lipinski definition) is 4. The van der Waals surface area contributed by atoms with E-state index in [9.17, 15) is 18.8 Å². The van der Waals surface area contributed by atoms with Gasteiger partial charge in [-0.15, -0.1) is 0 Å². The first-order valence-corrected chi connectivity index (χ1v) is 8.96. The molecule has 0 saturated carbocycles. The van der Waals surface area contributed by atoms with Crippen molar-refractivity contribution < 1.29 is 23.5 Å². The Morgan fingerprint density at radius 2 is 1.93 bits per heavy atom. The minimum Gasteiger partial charge on any atom is -0.449 e. The quantitative estimate of drug-likeness (QED) is 0.571. The van der Waals surface area contributed by atoms with E-state index in [1.807, 2.05) is 0 Å². The monoisotopic (exact) mass is 402 g/mol. The molecule has 0 N–H and O–H groups in total. The summed E-state index contributed by atoms with van der Waals surface area (Å²) in [6.45, 7) is 0.894. The molecule has 0 aliphatic carbocycles. The zero-order valence-electron chi connectivity index (χ0n) is 15.1. The molecule has 0 aromatic heterocycles. The van der Waals surface area contributed by atoms with Gasteiger partial charge in [-0.05, 0) is 24.3 Å². The van der Waals surface area contributed by atoms with Crippen molar-refractivity contribution in [3.63, 3.8) is 0 Å². The van der Waals surface area contributed by atoms with Gasteiger partial charge in [0.15, 0.2) is 0 Å². The highest BCUT2D eigenvalue weighted by Crippen LogP contribution is 2.53. The maximum absolute atomic E-state index is 15.0. The van der Waals surface area contributed by atoms with E-state index in [0.29, 0.717) is 16.3 Å². The second-order valence-corrected chi connectivity index (χ2v) is 7.21. The van der Waals surface area contributed by atoms with Gasteiger partial charge in [0, 0.05) is 35.8 Å². The zero-order valence-corrected chi connectivity index (χ0v) is 15.9. The molecule has 0 radical (unpaired) electrons. The number of β-lactam (4-membered cyclic amide) rings is 1. The number of ether oxygens (including phenoxy) is 1. The molecule has 0 unspecified atom stereocenters. The van der Waals surface area contributed by atoms with Crippen molar-refractivity contribution in [1.82, 2.24) is 4.90 Å². The fraction of sp³-hybridized carbons (Fsp3) is 0.250. The van der Waals surface area contributed by atoms with Gasteiger partial charge in [-0.2, -0.15) is 0 Å². The van der Waals surface area contributed by atoms with Gasteiger partial charge < -0.3 is 14.5 Å². The average Bonchev–Trinajstić information content (AvgIpc) is 2.73. The SMILES string of the molecule is CC(=O)O[C@@H]1C(=O)N2CC(=O)N(C)c3ccc(Cl)cc3[C@@]12c1ccccc1F. The summed E-state index contributed by atoms with van der Waals surface area (Å²) in [7, 11) is 1.57. The topological polar surface area (TPSA) is 66.9 Å². The number of halogens is 2. The molecule has 4 rings (SSSR count). The lowest BCUT2D eigenvalue weighted by molar-refractivity contribution is -0.195. The van der Waals surface area contributed by atoms with E-state index in [1.165, 1.54) is 34.9 Å². The molecular weight excluding hydrogens is 387 g/mol. The zero-order chi connectivity index (χ0) is 20.2. The smallest absolute Gasteiger partial charge is 0.303 e. The van der Waals surface area contributed by atoms with Gasteiger partial charge in [0.05, 0.1) is 0 Å². The van der Waals surface area contributed by atoms with Crippen LogP contribution in [-0.2, 0) is 24.7 Å². The average molecular weight is 403 g/mol. The maximum Gasteiger partial charge on any atom is 0.303 e. The largest absolute Gasteiger partial charge is 0.449 e. The lowest BCUT2D eigenvalue weighted by Crippen LogP contribution is -2.74. The van der Waals surface area contributed by atoms with Crippen molar-refractivity contribution in [2.45, 2.75) is 18.6 Å². The molecule has 2 heterocycles. The highest BCUT2D eigenvalue weighted by Gasteiger charge is 2.67. The predicted molar refractivity (Wildman–Crippen MR) is 99.3 cm³/mol. The van der Waals surface area contributed by atoms with Crippen LogP contribution in [0.1, 0.15) is 18.1 Å². The Labute approximate surface area is 165 Å². The van der Waals surface area contributed by atoms with E-state index in [1.54, 1.807) is 31.3 Å². The lowest BCUT2D eigenvalue weighted by atomic mass is 9.69. The van der Waals surface area contributed by atoms with Crippen LogP contribution in [0.15, 0.2) is 42.5 Å². The van der Waals surface area contributed by atoms with E-state index in [4.69, 9.17) is 16.3 Å². The Balaban J connectivity index is 2.09. The predicted octanol–water partition coefficient (Wildman–Crippen LogP) is 2.47. The molecule has 8 heteroatoms. The summed E-state index contributed by atoms with van der Waals surface area (Å²) in [4.78, 5) is 39.9. The Morgan fingerprint density at radius 3 is 2.61 bits per heavy atom. The van der Waals surface area contributed by atoms with Crippen molar-refractivity contribution in [2.24, 2.45) is 0 Å². The number of rotatable bonds is 2. The Kier molecular flexibility index (Phi) is 4.15. The summed E-state index contributed by atoms with van der Waals surface area (Å²) in [5.41, 5.74) is -0.476. The molecule has 6 nitrogen and oxygen atoms in total. The molecule has 2 atom stereocenters. The standard InChI is InChI=1S/C20H16ClFN2O4/c1-11(25)28-18-19(27)24-10-17(26)23(2)16-8-7-12(21)9-14(16)20(18,24)13-5-3-4-6-15(13)22/h3-9,18H,10H2,1-2H3/t18-,20+/m1/s1. The molecule has 2 aliphatic heterocycles. The van der Waals surface area contributed by atoms with Crippen molar-refractivity contribution >= 4 is 35.1 Å². The Hall–Kier alpha value is -2.93. The summed E-state index contributed by atoms with van der Waals surface area (Å²) in [5, 5.41) is 0.345. The number of benzene rings is 2. The molecule has 0 spiro atoms. The van der Waals surface area contributed by atoms with Crippen LogP contribution >= 0.6 is 11.6 Å². The van der Waals surface area contributed by atoms with Gasteiger partial charge in [-0.1, -0.05) is 29.8 Å². The molecule has 2 amide bonds. The molecule has 2 aliphatic rings. The van der Waals surface area contributed by atoms with Crippen LogP contribution in [0.2, 0.25) is 5.02 Å². The Morgan fingerprint density at radius 1 is 1.21 bits per heavy atom. The van der Waals surface area contributed by atoms with E-state index < -0.39 is 29.3 Å². The van der Waals surface area contributed by atoms with Crippen molar-refractivity contribution in [3.8, 4) is 0 Å². The highest BCUT2D eigenvalue weighted by atomic mass is 35.5.